The fraction of sp³-hybridized carbons (Fsp3) is 0.235. The van der Waals surface area contributed by atoms with Gasteiger partial charge in [0, 0.05) is 19.2 Å². The predicted octanol–water partition coefficient (Wildman–Crippen LogP) is 3.25. The summed E-state index contributed by atoms with van der Waals surface area (Å²) in [5, 5.41) is 0. The Kier molecular flexibility index (Phi) is 3.18. The van der Waals surface area contributed by atoms with E-state index in [4.69, 9.17) is 10.7 Å². The molecule has 3 heteroatoms. The first-order valence-corrected chi connectivity index (χ1v) is 6.90. The second-order valence-electron chi connectivity index (χ2n) is 5.32. The first-order chi connectivity index (χ1) is 9.63. The van der Waals surface area contributed by atoms with Crippen LogP contribution in [-0.2, 0) is 19.9 Å². The number of benzene rings is 2. The van der Waals surface area contributed by atoms with E-state index in [1.807, 2.05) is 18.2 Å². The summed E-state index contributed by atoms with van der Waals surface area (Å²) in [5.41, 5.74) is 11.4. The van der Waals surface area contributed by atoms with Gasteiger partial charge in [-0.25, -0.2) is 4.98 Å². The lowest BCUT2D eigenvalue weighted by Gasteiger charge is -2.04. The van der Waals surface area contributed by atoms with Crippen LogP contribution in [0.15, 0.2) is 42.5 Å². The Bertz CT molecular complexity index is 756. The van der Waals surface area contributed by atoms with Crippen LogP contribution in [0.1, 0.15) is 17.0 Å². The van der Waals surface area contributed by atoms with Crippen LogP contribution < -0.4 is 5.73 Å². The molecule has 1 aromatic heterocycles. The number of fused-ring (bicyclic) bond motifs is 1. The number of imidazole rings is 1. The van der Waals surface area contributed by atoms with E-state index in [0.717, 1.165) is 29.9 Å². The van der Waals surface area contributed by atoms with Gasteiger partial charge in [0.2, 0.25) is 0 Å². The first kappa shape index (κ1) is 12.7. The van der Waals surface area contributed by atoms with E-state index in [1.54, 1.807) is 0 Å². The topological polar surface area (TPSA) is 43.8 Å². The van der Waals surface area contributed by atoms with E-state index < -0.39 is 0 Å². The average molecular weight is 265 g/mol. The zero-order chi connectivity index (χ0) is 14.1. The number of rotatable bonds is 3. The second kappa shape index (κ2) is 5.00. The monoisotopic (exact) mass is 265 g/mol. The number of hydrogen-bond acceptors (Lipinski definition) is 2. The first-order valence-electron chi connectivity index (χ1n) is 6.90. The van der Waals surface area contributed by atoms with E-state index in [-0.39, 0.29) is 0 Å². The number of anilines is 1. The van der Waals surface area contributed by atoms with E-state index in [1.165, 1.54) is 16.6 Å². The molecule has 2 N–H and O–H groups in total. The molecule has 0 bridgehead atoms. The molecule has 3 aromatic rings. The lowest BCUT2D eigenvalue weighted by atomic mass is 10.1. The summed E-state index contributed by atoms with van der Waals surface area (Å²) in [7, 11) is 2.08. The summed E-state index contributed by atoms with van der Waals surface area (Å²) in [6.45, 7) is 2.10. The van der Waals surface area contributed by atoms with Gasteiger partial charge in [-0.05, 0) is 48.7 Å². The number of aryl methyl sites for hydroxylation is 4. The van der Waals surface area contributed by atoms with Gasteiger partial charge in [0.25, 0.3) is 0 Å². The second-order valence-corrected chi connectivity index (χ2v) is 5.32. The quantitative estimate of drug-likeness (QED) is 0.739. The molecule has 3 nitrogen and oxygen atoms in total. The molecule has 0 amide bonds. The number of nitrogens with two attached hydrogens (primary N) is 1. The van der Waals surface area contributed by atoms with Crippen molar-refractivity contribution in [2.75, 3.05) is 5.73 Å². The summed E-state index contributed by atoms with van der Waals surface area (Å²) in [6.07, 6.45) is 1.88. The smallest absolute Gasteiger partial charge is 0.109 e. The summed E-state index contributed by atoms with van der Waals surface area (Å²) in [5.74, 6) is 1.12. The Morgan fingerprint density at radius 3 is 2.75 bits per heavy atom. The zero-order valence-corrected chi connectivity index (χ0v) is 11.9. The van der Waals surface area contributed by atoms with Crippen molar-refractivity contribution in [2.24, 2.45) is 7.05 Å². The van der Waals surface area contributed by atoms with Gasteiger partial charge in [-0.2, -0.15) is 0 Å². The molecule has 0 aliphatic heterocycles. The number of nitrogens with zero attached hydrogens (tertiary/aromatic N) is 2. The van der Waals surface area contributed by atoms with E-state index in [9.17, 15) is 0 Å². The predicted molar refractivity (Wildman–Crippen MR) is 83.7 cm³/mol. The van der Waals surface area contributed by atoms with Crippen molar-refractivity contribution >= 4 is 16.7 Å². The van der Waals surface area contributed by atoms with Gasteiger partial charge < -0.3 is 10.3 Å². The van der Waals surface area contributed by atoms with Crippen molar-refractivity contribution in [3.05, 3.63) is 59.4 Å². The molecule has 0 spiro atoms. The molecule has 3 rings (SSSR count). The molecule has 0 saturated carbocycles. The minimum Gasteiger partial charge on any atom is -0.399 e. The Labute approximate surface area is 119 Å². The molecular formula is C17H19N3. The third-order valence-electron chi connectivity index (χ3n) is 3.72. The highest BCUT2D eigenvalue weighted by Crippen LogP contribution is 2.18. The third kappa shape index (κ3) is 2.39. The van der Waals surface area contributed by atoms with E-state index in [2.05, 4.69) is 42.8 Å². The SMILES string of the molecule is Cc1ccc2c(c1)nc(CCc1cccc(N)c1)n2C. The van der Waals surface area contributed by atoms with Crippen LogP contribution in [-0.4, -0.2) is 9.55 Å². The maximum Gasteiger partial charge on any atom is 0.109 e. The normalized spacial score (nSPS) is 11.1. The molecule has 0 saturated heterocycles. The molecular weight excluding hydrogens is 246 g/mol. The molecule has 0 atom stereocenters. The Morgan fingerprint density at radius 2 is 1.95 bits per heavy atom. The molecule has 0 fully saturated rings. The van der Waals surface area contributed by atoms with Crippen LogP contribution in [0.2, 0.25) is 0 Å². The maximum absolute atomic E-state index is 5.81. The highest BCUT2D eigenvalue weighted by atomic mass is 15.1. The van der Waals surface area contributed by atoms with Gasteiger partial charge in [0.15, 0.2) is 0 Å². The molecule has 1 heterocycles. The van der Waals surface area contributed by atoms with Gasteiger partial charge in [0.1, 0.15) is 5.82 Å². The van der Waals surface area contributed by atoms with Crippen LogP contribution >= 0.6 is 0 Å². The van der Waals surface area contributed by atoms with Gasteiger partial charge in [-0.3, -0.25) is 0 Å². The van der Waals surface area contributed by atoms with Crippen molar-refractivity contribution in [1.29, 1.82) is 0 Å². The van der Waals surface area contributed by atoms with Gasteiger partial charge >= 0.3 is 0 Å². The minimum absolute atomic E-state index is 0.822. The van der Waals surface area contributed by atoms with E-state index in [0.29, 0.717) is 0 Å². The van der Waals surface area contributed by atoms with Crippen LogP contribution in [0, 0.1) is 6.92 Å². The highest BCUT2D eigenvalue weighted by molar-refractivity contribution is 5.76. The summed E-state index contributed by atoms with van der Waals surface area (Å²) in [4.78, 5) is 4.74. The molecule has 20 heavy (non-hydrogen) atoms. The van der Waals surface area contributed by atoms with Crippen LogP contribution in [0.5, 0.6) is 0 Å². The Morgan fingerprint density at radius 1 is 1.10 bits per heavy atom. The Hall–Kier alpha value is -2.29. The van der Waals surface area contributed by atoms with Crippen LogP contribution in [0.4, 0.5) is 5.69 Å². The van der Waals surface area contributed by atoms with Crippen molar-refractivity contribution in [3.8, 4) is 0 Å². The molecule has 102 valence electrons. The molecule has 0 unspecified atom stereocenters. The Balaban J connectivity index is 1.86. The number of hydrogen-bond donors (Lipinski definition) is 1. The van der Waals surface area contributed by atoms with Crippen LogP contribution in [0.3, 0.4) is 0 Å². The average Bonchev–Trinajstić information content (AvgIpc) is 2.72. The van der Waals surface area contributed by atoms with Crippen molar-refractivity contribution < 1.29 is 0 Å². The lowest BCUT2D eigenvalue weighted by molar-refractivity contribution is 0.787. The van der Waals surface area contributed by atoms with Gasteiger partial charge in [0.05, 0.1) is 11.0 Å². The minimum atomic E-state index is 0.822. The van der Waals surface area contributed by atoms with Crippen molar-refractivity contribution in [2.45, 2.75) is 19.8 Å². The summed E-state index contributed by atoms with van der Waals surface area (Å²) in [6, 6.07) is 14.5. The van der Waals surface area contributed by atoms with Crippen molar-refractivity contribution in [1.82, 2.24) is 9.55 Å². The van der Waals surface area contributed by atoms with Gasteiger partial charge in [-0.1, -0.05) is 18.2 Å². The van der Waals surface area contributed by atoms with Crippen LogP contribution in [0.25, 0.3) is 11.0 Å². The van der Waals surface area contributed by atoms with Crippen molar-refractivity contribution in [3.63, 3.8) is 0 Å². The third-order valence-corrected chi connectivity index (χ3v) is 3.72. The molecule has 0 radical (unpaired) electrons. The van der Waals surface area contributed by atoms with E-state index >= 15 is 0 Å². The fourth-order valence-corrected chi connectivity index (χ4v) is 2.59. The molecule has 2 aromatic carbocycles. The largest absolute Gasteiger partial charge is 0.399 e. The van der Waals surface area contributed by atoms with Gasteiger partial charge in [-0.15, -0.1) is 0 Å². The standard InChI is InChI=1S/C17H19N3/c1-12-6-8-16-15(10-12)19-17(20(16)2)9-7-13-4-3-5-14(18)11-13/h3-6,8,10-11H,7,9,18H2,1-2H3. The highest BCUT2D eigenvalue weighted by Gasteiger charge is 2.07. The number of aromatic nitrogens is 2. The number of nitrogen functional groups attached to an aromatic ring is 1. The zero-order valence-electron chi connectivity index (χ0n) is 11.9. The molecule has 0 aliphatic rings. The fourth-order valence-electron chi connectivity index (χ4n) is 2.59. The summed E-state index contributed by atoms with van der Waals surface area (Å²) >= 11 is 0. The lowest BCUT2D eigenvalue weighted by Crippen LogP contribution is -2.00. The maximum atomic E-state index is 5.81. The molecule has 0 aliphatic carbocycles. The summed E-state index contributed by atoms with van der Waals surface area (Å²) < 4.78 is 2.18.